The standard InChI is InChI=1S/C11H14ClN3O3S/c12-7-1-4-10(9(13)5-7)19(17,18)14-6-11(16)15-8-2-3-8/h1,4-5,8,14H,2-3,6,13H2,(H,15,16). The fraction of sp³-hybridized carbons (Fsp3) is 0.364. The minimum absolute atomic E-state index is 0.0441. The Balaban J connectivity index is 2.02. The summed E-state index contributed by atoms with van der Waals surface area (Å²) >= 11 is 5.70. The average Bonchev–Trinajstić information content (AvgIpc) is 3.10. The predicted molar refractivity (Wildman–Crippen MR) is 72.2 cm³/mol. The number of halogens is 1. The number of hydrogen-bond acceptors (Lipinski definition) is 4. The second-order valence-electron chi connectivity index (χ2n) is 4.35. The van der Waals surface area contributed by atoms with E-state index in [-0.39, 0.29) is 29.1 Å². The van der Waals surface area contributed by atoms with Crippen molar-refractivity contribution in [3.8, 4) is 0 Å². The molecular formula is C11H14ClN3O3S. The molecule has 1 aromatic carbocycles. The van der Waals surface area contributed by atoms with Gasteiger partial charge in [0.05, 0.1) is 12.2 Å². The maximum Gasteiger partial charge on any atom is 0.243 e. The molecule has 0 atom stereocenters. The van der Waals surface area contributed by atoms with Gasteiger partial charge in [0.25, 0.3) is 0 Å². The molecule has 1 aliphatic carbocycles. The third kappa shape index (κ3) is 3.82. The van der Waals surface area contributed by atoms with E-state index >= 15 is 0 Å². The van der Waals surface area contributed by atoms with E-state index in [0.29, 0.717) is 5.02 Å². The topological polar surface area (TPSA) is 101 Å². The molecule has 0 unspecified atom stereocenters. The number of carbonyl (C=O) groups is 1. The Morgan fingerprint density at radius 3 is 2.68 bits per heavy atom. The van der Waals surface area contributed by atoms with Gasteiger partial charge in [0, 0.05) is 11.1 Å². The van der Waals surface area contributed by atoms with Crippen molar-refractivity contribution in [3.63, 3.8) is 0 Å². The molecule has 1 amide bonds. The van der Waals surface area contributed by atoms with Crippen LogP contribution < -0.4 is 15.8 Å². The van der Waals surface area contributed by atoms with Crippen LogP contribution in [0.4, 0.5) is 5.69 Å². The largest absolute Gasteiger partial charge is 0.398 e. The first kappa shape index (κ1) is 14.1. The molecule has 6 nitrogen and oxygen atoms in total. The van der Waals surface area contributed by atoms with Crippen molar-refractivity contribution >= 4 is 33.2 Å². The highest BCUT2D eigenvalue weighted by Gasteiger charge is 2.24. The van der Waals surface area contributed by atoms with E-state index in [1.165, 1.54) is 18.2 Å². The molecule has 8 heteroatoms. The lowest BCUT2D eigenvalue weighted by atomic mass is 10.3. The zero-order valence-electron chi connectivity index (χ0n) is 10.0. The van der Waals surface area contributed by atoms with Gasteiger partial charge in [0.1, 0.15) is 4.90 Å². The Hall–Kier alpha value is -1.31. The number of anilines is 1. The Kier molecular flexibility index (Phi) is 3.98. The minimum atomic E-state index is -3.81. The molecule has 0 heterocycles. The smallest absolute Gasteiger partial charge is 0.243 e. The van der Waals surface area contributed by atoms with Crippen molar-refractivity contribution in [2.75, 3.05) is 12.3 Å². The molecule has 0 bridgehead atoms. The van der Waals surface area contributed by atoms with Gasteiger partial charge in [0.15, 0.2) is 0 Å². The third-order valence-electron chi connectivity index (χ3n) is 2.63. The van der Waals surface area contributed by atoms with Crippen LogP contribution in [-0.2, 0) is 14.8 Å². The van der Waals surface area contributed by atoms with Crippen LogP contribution in [0.25, 0.3) is 0 Å². The third-order valence-corrected chi connectivity index (χ3v) is 4.34. The van der Waals surface area contributed by atoms with Crippen LogP contribution in [0.3, 0.4) is 0 Å². The second kappa shape index (κ2) is 5.36. The highest BCUT2D eigenvalue weighted by atomic mass is 35.5. The summed E-state index contributed by atoms with van der Waals surface area (Å²) in [6, 6.07) is 4.27. The van der Waals surface area contributed by atoms with Gasteiger partial charge in [-0.2, -0.15) is 0 Å². The average molecular weight is 304 g/mol. The van der Waals surface area contributed by atoms with E-state index in [2.05, 4.69) is 10.0 Å². The summed E-state index contributed by atoms with van der Waals surface area (Å²) in [5.74, 6) is -0.349. The summed E-state index contributed by atoms with van der Waals surface area (Å²) < 4.78 is 26.1. The van der Waals surface area contributed by atoms with Crippen LogP contribution in [0.2, 0.25) is 5.02 Å². The maximum absolute atomic E-state index is 12.0. The zero-order chi connectivity index (χ0) is 14.0. The molecule has 0 spiro atoms. The van der Waals surface area contributed by atoms with Crippen molar-refractivity contribution in [1.82, 2.24) is 10.0 Å². The first-order valence-electron chi connectivity index (χ1n) is 5.72. The minimum Gasteiger partial charge on any atom is -0.398 e. The second-order valence-corrected chi connectivity index (χ2v) is 6.52. The number of amides is 1. The summed E-state index contributed by atoms with van der Waals surface area (Å²) in [5.41, 5.74) is 5.64. The van der Waals surface area contributed by atoms with Gasteiger partial charge in [0.2, 0.25) is 15.9 Å². The molecule has 1 fully saturated rings. The summed E-state index contributed by atoms with van der Waals surface area (Å²) in [4.78, 5) is 11.3. The fourth-order valence-electron chi connectivity index (χ4n) is 1.51. The van der Waals surface area contributed by atoms with Crippen molar-refractivity contribution in [2.45, 2.75) is 23.8 Å². The molecule has 0 saturated heterocycles. The Labute approximate surface area is 116 Å². The SMILES string of the molecule is Nc1cc(Cl)ccc1S(=O)(=O)NCC(=O)NC1CC1. The first-order valence-corrected chi connectivity index (χ1v) is 7.58. The molecule has 0 aromatic heterocycles. The van der Waals surface area contributed by atoms with E-state index in [9.17, 15) is 13.2 Å². The number of nitrogens with one attached hydrogen (secondary N) is 2. The zero-order valence-corrected chi connectivity index (χ0v) is 11.6. The van der Waals surface area contributed by atoms with E-state index in [1.807, 2.05) is 0 Å². The number of nitrogens with two attached hydrogens (primary N) is 1. The lowest BCUT2D eigenvalue weighted by molar-refractivity contribution is -0.120. The quantitative estimate of drug-likeness (QED) is 0.689. The Morgan fingerprint density at radius 2 is 2.11 bits per heavy atom. The predicted octanol–water partition coefficient (Wildman–Crippen LogP) is 0.479. The lowest BCUT2D eigenvalue weighted by Crippen LogP contribution is -2.38. The maximum atomic E-state index is 12.0. The van der Waals surface area contributed by atoms with Crippen LogP contribution in [0.1, 0.15) is 12.8 Å². The van der Waals surface area contributed by atoms with E-state index in [0.717, 1.165) is 12.8 Å². The number of benzene rings is 1. The summed E-state index contributed by atoms with van der Waals surface area (Å²) in [7, 11) is -3.81. The molecule has 0 radical (unpaired) electrons. The molecule has 0 aliphatic heterocycles. The van der Waals surface area contributed by atoms with Crippen molar-refractivity contribution in [3.05, 3.63) is 23.2 Å². The van der Waals surface area contributed by atoms with Crippen LogP contribution in [0.5, 0.6) is 0 Å². The first-order chi connectivity index (χ1) is 8.88. The van der Waals surface area contributed by atoms with Crippen molar-refractivity contribution < 1.29 is 13.2 Å². The van der Waals surface area contributed by atoms with Gasteiger partial charge in [-0.05, 0) is 31.0 Å². The molecule has 1 saturated carbocycles. The van der Waals surface area contributed by atoms with Crippen LogP contribution in [0.15, 0.2) is 23.1 Å². The number of carbonyl (C=O) groups excluding carboxylic acids is 1. The van der Waals surface area contributed by atoms with Gasteiger partial charge in [-0.1, -0.05) is 11.6 Å². The summed E-state index contributed by atoms with van der Waals surface area (Å²) in [6.07, 6.45) is 1.89. The summed E-state index contributed by atoms with van der Waals surface area (Å²) in [6.45, 7) is -0.305. The Bertz CT molecular complexity index is 599. The lowest BCUT2D eigenvalue weighted by Gasteiger charge is -2.09. The number of rotatable bonds is 5. The van der Waals surface area contributed by atoms with E-state index in [4.69, 9.17) is 17.3 Å². The number of sulfonamides is 1. The number of nitrogen functional groups attached to an aromatic ring is 1. The monoisotopic (exact) mass is 303 g/mol. The molecule has 1 aliphatic rings. The molecular weight excluding hydrogens is 290 g/mol. The van der Waals surface area contributed by atoms with Crippen molar-refractivity contribution in [1.29, 1.82) is 0 Å². The van der Waals surface area contributed by atoms with Gasteiger partial charge in [-0.3, -0.25) is 4.79 Å². The normalized spacial score (nSPS) is 15.2. The van der Waals surface area contributed by atoms with E-state index in [1.54, 1.807) is 0 Å². The van der Waals surface area contributed by atoms with Gasteiger partial charge >= 0.3 is 0 Å². The highest BCUT2D eigenvalue weighted by Crippen LogP contribution is 2.22. The van der Waals surface area contributed by atoms with Gasteiger partial charge in [-0.15, -0.1) is 0 Å². The van der Waals surface area contributed by atoms with Crippen LogP contribution in [0, 0.1) is 0 Å². The van der Waals surface area contributed by atoms with Crippen LogP contribution >= 0.6 is 11.6 Å². The van der Waals surface area contributed by atoms with Gasteiger partial charge < -0.3 is 11.1 Å². The van der Waals surface area contributed by atoms with E-state index < -0.39 is 10.0 Å². The molecule has 4 N–H and O–H groups in total. The highest BCUT2D eigenvalue weighted by molar-refractivity contribution is 7.89. The molecule has 1 aromatic rings. The van der Waals surface area contributed by atoms with Crippen molar-refractivity contribution in [2.24, 2.45) is 0 Å². The van der Waals surface area contributed by atoms with Crippen LogP contribution in [-0.4, -0.2) is 26.9 Å². The Morgan fingerprint density at radius 1 is 1.42 bits per heavy atom. The molecule has 19 heavy (non-hydrogen) atoms. The number of hydrogen-bond donors (Lipinski definition) is 3. The molecule has 104 valence electrons. The summed E-state index contributed by atoms with van der Waals surface area (Å²) in [5, 5.41) is 3.03. The molecule has 2 rings (SSSR count). The fourth-order valence-corrected chi connectivity index (χ4v) is 2.78. The van der Waals surface area contributed by atoms with Gasteiger partial charge in [-0.25, -0.2) is 13.1 Å².